The summed E-state index contributed by atoms with van der Waals surface area (Å²) in [7, 11) is 0. The average molecular weight is 413 g/mol. The molecular weight excluding hydrogens is 398 g/mol. The number of nitrogens with one attached hydrogen (secondary N) is 2. The van der Waals surface area contributed by atoms with Gasteiger partial charge in [0.05, 0.1) is 35.3 Å². The lowest BCUT2D eigenvalue weighted by Crippen LogP contribution is -2.26. The van der Waals surface area contributed by atoms with E-state index in [0.717, 1.165) is 41.0 Å². The molecule has 0 unspecified atom stereocenters. The number of thioether (sulfide) groups is 1. The number of carbonyl (C=O) groups is 3. The van der Waals surface area contributed by atoms with Crippen LogP contribution in [0, 0.1) is 0 Å². The van der Waals surface area contributed by atoms with Crippen molar-refractivity contribution >= 4 is 46.3 Å². The van der Waals surface area contributed by atoms with Gasteiger partial charge in [-0.15, -0.1) is 0 Å². The van der Waals surface area contributed by atoms with Crippen LogP contribution in [0.3, 0.4) is 0 Å². The summed E-state index contributed by atoms with van der Waals surface area (Å²) >= 11 is 1.14. The zero-order valence-electron chi connectivity index (χ0n) is 15.2. The van der Waals surface area contributed by atoms with Gasteiger partial charge >= 0.3 is 0 Å². The third-order valence-electron chi connectivity index (χ3n) is 3.77. The molecule has 3 rings (SSSR count). The third-order valence-corrected chi connectivity index (χ3v) is 4.64. The van der Waals surface area contributed by atoms with E-state index in [0.29, 0.717) is 17.5 Å². The van der Waals surface area contributed by atoms with Crippen molar-refractivity contribution < 1.29 is 29.3 Å². The number of anilines is 1. The summed E-state index contributed by atoms with van der Waals surface area (Å²) in [6.45, 7) is 2.43. The van der Waals surface area contributed by atoms with Crippen molar-refractivity contribution in [3.8, 4) is 5.75 Å². The number of fused-ring (bicyclic) bond motifs is 1. The van der Waals surface area contributed by atoms with Gasteiger partial charge < -0.3 is 34.8 Å². The summed E-state index contributed by atoms with van der Waals surface area (Å²) in [5.74, 6) is -2.92. The molecule has 0 spiro atoms. The lowest BCUT2D eigenvalue weighted by molar-refractivity contribution is -0.255. The summed E-state index contributed by atoms with van der Waals surface area (Å²) in [5, 5.41) is 25.0. The number of benzene rings is 2. The van der Waals surface area contributed by atoms with Gasteiger partial charge in [-0.2, -0.15) is 0 Å². The molecular formula is C19H15N3O6S-2. The Bertz CT molecular complexity index is 1060. The summed E-state index contributed by atoms with van der Waals surface area (Å²) in [5.41, 5.74) is 0.743. The molecule has 0 atom stereocenters. The second-order valence-corrected chi connectivity index (χ2v) is 6.83. The van der Waals surface area contributed by atoms with Crippen LogP contribution >= 0.6 is 11.8 Å². The highest BCUT2D eigenvalue weighted by Gasteiger charge is 2.10. The molecule has 29 heavy (non-hydrogen) atoms. The maximum absolute atomic E-state index is 12.2. The normalized spacial score (nSPS) is 10.7. The first-order chi connectivity index (χ1) is 13.9. The summed E-state index contributed by atoms with van der Waals surface area (Å²) in [4.78, 5) is 41.7. The molecule has 0 aliphatic heterocycles. The zero-order valence-corrected chi connectivity index (χ0v) is 16.0. The summed E-state index contributed by atoms with van der Waals surface area (Å²) in [6, 6.07) is 8.53. The van der Waals surface area contributed by atoms with Gasteiger partial charge in [0.15, 0.2) is 5.16 Å². The Morgan fingerprint density at radius 3 is 2.41 bits per heavy atom. The maximum atomic E-state index is 12.2. The highest BCUT2D eigenvalue weighted by Crippen LogP contribution is 2.23. The predicted molar refractivity (Wildman–Crippen MR) is 102 cm³/mol. The van der Waals surface area contributed by atoms with Gasteiger partial charge in [-0.1, -0.05) is 11.8 Å². The number of aromatic carboxylic acids is 2. The Labute approximate surface area is 169 Å². The van der Waals surface area contributed by atoms with Gasteiger partial charge in [-0.25, -0.2) is 4.98 Å². The molecule has 1 heterocycles. The van der Waals surface area contributed by atoms with Crippen LogP contribution in [0.4, 0.5) is 5.69 Å². The minimum atomic E-state index is -1.56. The number of H-pyrrole nitrogens is 1. The first kappa shape index (κ1) is 20.2. The second-order valence-electron chi connectivity index (χ2n) is 5.86. The molecule has 0 bridgehead atoms. The first-order valence-corrected chi connectivity index (χ1v) is 9.47. The largest absolute Gasteiger partial charge is 0.545 e. The fraction of sp³-hybridized carbons (Fsp3) is 0.158. The Morgan fingerprint density at radius 2 is 1.79 bits per heavy atom. The molecule has 9 nitrogen and oxygen atoms in total. The number of hydrogen-bond acceptors (Lipinski definition) is 8. The van der Waals surface area contributed by atoms with Gasteiger partial charge in [-0.3, -0.25) is 4.79 Å². The number of ether oxygens (including phenoxy) is 1. The number of imidazole rings is 1. The molecule has 0 fully saturated rings. The van der Waals surface area contributed by atoms with E-state index < -0.39 is 17.8 Å². The van der Waals surface area contributed by atoms with Crippen molar-refractivity contribution in [1.29, 1.82) is 0 Å². The topological polar surface area (TPSA) is 147 Å². The lowest BCUT2D eigenvalue weighted by atomic mass is 10.1. The fourth-order valence-corrected chi connectivity index (χ4v) is 3.24. The molecule has 1 aromatic heterocycles. The molecule has 2 aromatic carbocycles. The molecule has 2 N–H and O–H groups in total. The standard InChI is InChI=1S/C19H17N3O6S/c1-2-28-13-3-4-14-15(8-13)22-19(21-14)29-9-16(23)20-12-6-10(17(24)25)5-11(7-12)18(26)27/h3-8H,2,9H2,1H3,(H,20,23)(H,21,22)(H,24,25)(H,26,27)/p-2. The number of hydrogen-bond donors (Lipinski definition) is 2. The number of carboxylic acids is 2. The van der Waals surface area contributed by atoms with Crippen LogP contribution < -0.4 is 20.3 Å². The van der Waals surface area contributed by atoms with Gasteiger partial charge in [0.1, 0.15) is 5.75 Å². The van der Waals surface area contributed by atoms with Crippen molar-refractivity contribution in [3.05, 3.63) is 47.5 Å². The molecule has 0 radical (unpaired) electrons. The van der Waals surface area contributed by atoms with Gasteiger partial charge in [0.25, 0.3) is 0 Å². The Kier molecular flexibility index (Phi) is 6.03. The van der Waals surface area contributed by atoms with Gasteiger partial charge in [-0.05, 0) is 48.4 Å². The number of aromatic amines is 1. The average Bonchev–Trinajstić information content (AvgIpc) is 3.08. The van der Waals surface area contributed by atoms with Crippen LogP contribution in [-0.2, 0) is 4.79 Å². The molecule has 3 aromatic rings. The molecule has 150 valence electrons. The fourth-order valence-electron chi connectivity index (χ4n) is 2.56. The number of carbonyl (C=O) groups excluding carboxylic acids is 3. The highest BCUT2D eigenvalue weighted by molar-refractivity contribution is 7.99. The van der Waals surface area contributed by atoms with Crippen molar-refractivity contribution in [2.24, 2.45) is 0 Å². The first-order valence-electron chi connectivity index (χ1n) is 8.48. The molecule has 10 heteroatoms. The van der Waals surface area contributed by atoms with E-state index in [2.05, 4.69) is 15.3 Å². The van der Waals surface area contributed by atoms with Crippen LogP contribution in [0.1, 0.15) is 27.6 Å². The number of amides is 1. The molecule has 0 saturated carbocycles. The van der Waals surface area contributed by atoms with E-state index in [9.17, 15) is 24.6 Å². The second kappa shape index (κ2) is 8.65. The van der Waals surface area contributed by atoms with Crippen molar-refractivity contribution in [3.63, 3.8) is 0 Å². The van der Waals surface area contributed by atoms with E-state index in [-0.39, 0.29) is 22.6 Å². The zero-order chi connectivity index (χ0) is 21.0. The van der Waals surface area contributed by atoms with E-state index in [1.165, 1.54) is 0 Å². The summed E-state index contributed by atoms with van der Waals surface area (Å²) in [6.07, 6.45) is 0. The molecule has 1 amide bonds. The monoisotopic (exact) mass is 413 g/mol. The maximum Gasteiger partial charge on any atom is 0.234 e. The molecule has 0 aliphatic rings. The molecule has 0 saturated heterocycles. The van der Waals surface area contributed by atoms with Crippen LogP contribution in [0.5, 0.6) is 5.75 Å². The Balaban J connectivity index is 1.67. The van der Waals surface area contributed by atoms with E-state index in [1.807, 2.05) is 13.0 Å². The van der Waals surface area contributed by atoms with Crippen LogP contribution in [0.15, 0.2) is 41.6 Å². The minimum absolute atomic E-state index is 0.0162. The van der Waals surface area contributed by atoms with Crippen molar-refractivity contribution in [2.45, 2.75) is 12.1 Å². The quantitative estimate of drug-likeness (QED) is 0.505. The van der Waals surface area contributed by atoms with Crippen LogP contribution in [0.25, 0.3) is 11.0 Å². The van der Waals surface area contributed by atoms with E-state index in [1.54, 1.807) is 12.1 Å². The number of carboxylic acid groups (broad SMARTS) is 2. The Hall–Kier alpha value is -3.53. The highest BCUT2D eigenvalue weighted by atomic mass is 32.2. The van der Waals surface area contributed by atoms with Gasteiger partial charge in [0.2, 0.25) is 5.91 Å². The lowest BCUT2D eigenvalue weighted by Gasteiger charge is -2.12. The smallest absolute Gasteiger partial charge is 0.234 e. The SMILES string of the molecule is CCOc1ccc2nc(SCC(=O)Nc3cc(C(=O)[O-])cc(C(=O)[O-])c3)[nH]c2c1. The number of rotatable bonds is 8. The van der Waals surface area contributed by atoms with Crippen molar-refractivity contribution in [2.75, 3.05) is 17.7 Å². The minimum Gasteiger partial charge on any atom is -0.545 e. The van der Waals surface area contributed by atoms with Crippen LogP contribution in [-0.4, -0.2) is 40.2 Å². The third kappa shape index (κ3) is 5.05. The Morgan fingerprint density at radius 1 is 1.10 bits per heavy atom. The van der Waals surface area contributed by atoms with Gasteiger partial charge in [0, 0.05) is 11.8 Å². The summed E-state index contributed by atoms with van der Waals surface area (Å²) < 4.78 is 5.43. The van der Waals surface area contributed by atoms with E-state index in [4.69, 9.17) is 4.74 Å². The predicted octanol–water partition coefficient (Wildman–Crippen LogP) is 0.419. The van der Waals surface area contributed by atoms with E-state index >= 15 is 0 Å². The number of nitrogens with zero attached hydrogens (tertiary/aromatic N) is 1. The number of aromatic nitrogens is 2. The van der Waals surface area contributed by atoms with Crippen molar-refractivity contribution in [1.82, 2.24) is 9.97 Å². The molecule has 0 aliphatic carbocycles. The van der Waals surface area contributed by atoms with Crippen LogP contribution in [0.2, 0.25) is 0 Å².